The van der Waals surface area contributed by atoms with Gasteiger partial charge in [0.2, 0.25) is 5.91 Å². The summed E-state index contributed by atoms with van der Waals surface area (Å²) in [5, 5.41) is 8.77. The summed E-state index contributed by atoms with van der Waals surface area (Å²) in [6, 6.07) is 13.7. The van der Waals surface area contributed by atoms with E-state index in [4.69, 9.17) is 12.2 Å². The molecule has 33 heavy (non-hydrogen) atoms. The van der Waals surface area contributed by atoms with Crippen molar-refractivity contribution in [1.82, 2.24) is 25.0 Å². The molecule has 0 saturated carbocycles. The molecule has 1 aromatic heterocycles. The summed E-state index contributed by atoms with van der Waals surface area (Å²) >= 11 is 5.28. The van der Waals surface area contributed by atoms with E-state index < -0.39 is 18.6 Å². The summed E-state index contributed by atoms with van der Waals surface area (Å²) in [6.07, 6.45) is -4.48. The highest BCUT2D eigenvalue weighted by Crippen LogP contribution is 2.18. The lowest BCUT2D eigenvalue weighted by Gasteiger charge is -2.18. The number of rotatable bonds is 7. The predicted molar refractivity (Wildman–Crippen MR) is 119 cm³/mol. The van der Waals surface area contributed by atoms with Crippen molar-refractivity contribution in [3.8, 4) is 11.4 Å². The second-order valence-electron chi connectivity index (χ2n) is 7.55. The van der Waals surface area contributed by atoms with Crippen LogP contribution < -0.4 is 5.32 Å². The molecule has 0 aliphatic rings. The molecule has 0 saturated heterocycles. The first-order valence-electron chi connectivity index (χ1n) is 9.93. The van der Waals surface area contributed by atoms with E-state index in [1.165, 1.54) is 17.0 Å². The first-order chi connectivity index (χ1) is 15.5. The van der Waals surface area contributed by atoms with Gasteiger partial charge in [-0.25, -0.2) is 0 Å². The number of H-pyrrole nitrogens is 1. The molecule has 7 nitrogen and oxygen atoms in total. The number of aryl methyl sites for hydroxylation is 1. The molecule has 11 heteroatoms. The maximum atomic E-state index is 12.8. The summed E-state index contributed by atoms with van der Waals surface area (Å²) in [4.78, 5) is 26.1. The molecule has 0 radical (unpaired) electrons. The van der Waals surface area contributed by atoms with Gasteiger partial charge < -0.3 is 10.2 Å². The van der Waals surface area contributed by atoms with Crippen molar-refractivity contribution >= 4 is 24.0 Å². The van der Waals surface area contributed by atoms with Crippen LogP contribution in [0.25, 0.3) is 11.4 Å². The summed E-state index contributed by atoms with van der Waals surface area (Å²) in [6.45, 7) is 0.800. The SMILES string of the molecule is Cc1ccc(-c2n[nH]c(=S)n2CC(=O)N(C)Cc2ccc(C(=O)NCC(F)(F)F)cc2)cc1. The molecule has 0 aliphatic heterocycles. The highest BCUT2D eigenvalue weighted by molar-refractivity contribution is 7.71. The van der Waals surface area contributed by atoms with Crippen molar-refractivity contribution in [2.45, 2.75) is 26.2 Å². The Labute approximate surface area is 193 Å². The van der Waals surface area contributed by atoms with Crippen molar-refractivity contribution in [2.24, 2.45) is 0 Å². The Balaban J connectivity index is 1.64. The zero-order chi connectivity index (χ0) is 24.2. The molecule has 2 amide bonds. The zero-order valence-electron chi connectivity index (χ0n) is 17.9. The van der Waals surface area contributed by atoms with Gasteiger partial charge >= 0.3 is 6.18 Å². The van der Waals surface area contributed by atoms with Gasteiger partial charge in [-0.1, -0.05) is 42.0 Å². The van der Waals surface area contributed by atoms with E-state index >= 15 is 0 Å². The minimum Gasteiger partial charge on any atom is -0.343 e. The van der Waals surface area contributed by atoms with E-state index in [1.54, 1.807) is 23.7 Å². The average Bonchev–Trinajstić information content (AvgIpc) is 3.12. The number of carbonyl (C=O) groups excluding carboxylic acids is 2. The Bertz CT molecular complexity index is 1180. The molecule has 0 unspecified atom stereocenters. The number of hydrogen-bond donors (Lipinski definition) is 2. The Morgan fingerprint density at radius 2 is 1.76 bits per heavy atom. The van der Waals surface area contributed by atoms with Crippen LogP contribution in [0.15, 0.2) is 48.5 Å². The third-order valence-corrected chi connectivity index (χ3v) is 5.18. The number of hydrogen-bond acceptors (Lipinski definition) is 4. The van der Waals surface area contributed by atoms with Crippen LogP contribution in [0.2, 0.25) is 0 Å². The average molecular weight is 478 g/mol. The van der Waals surface area contributed by atoms with Crippen molar-refractivity contribution < 1.29 is 22.8 Å². The number of amides is 2. The molecule has 174 valence electrons. The number of nitrogens with zero attached hydrogens (tertiary/aromatic N) is 3. The molecule has 3 aromatic rings. The fourth-order valence-corrected chi connectivity index (χ4v) is 3.25. The number of nitrogens with one attached hydrogen (secondary N) is 2. The van der Waals surface area contributed by atoms with Crippen LogP contribution in [0, 0.1) is 11.7 Å². The smallest absolute Gasteiger partial charge is 0.343 e. The second-order valence-corrected chi connectivity index (χ2v) is 7.94. The molecule has 1 heterocycles. The van der Waals surface area contributed by atoms with Gasteiger partial charge in [-0.15, -0.1) is 0 Å². The predicted octanol–water partition coefficient (Wildman–Crippen LogP) is 3.87. The van der Waals surface area contributed by atoms with E-state index in [2.05, 4.69) is 10.2 Å². The highest BCUT2D eigenvalue weighted by atomic mass is 32.1. The van der Waals surface area contributed by atoms with E-state index in [9.17, 15) is 22.8 Å². The van der Waals surface area contributed by atoms with Crippen LogP contribution in [0.5, 0.6) is 0 Å². The first kappa shape index (κ1) is 24.2. The molecule has 0 fully saturated rings. The van der Waals surface area contributed by atoms with Crippen LogP contribution in [-0.4, -0.2) is 51.2 Å². The van der Waals surface area contributed by atoms with Gasteiger partial charge in [0.05, 0.1) is 0 Å². The summed E-state index contributed by atoms with van der Waals surface area (Å²) < 4.78 is 38.7. The van der Waals surface area contributed by atoms with E-state index in [0.717, 1.165) is 11.1 Å². The normalized spacial score (nSPS) is 11.3. The number of benzene rings is 2. The van der Waals surface area contributed by atoms with Crippen molar-refractivity contribution in [3.05, 3.63) is 70.0 Å². The number of aromatic amines is 1. The fraction of sp³-hybridized carbons (Fsp3) is 0.273. The monoisotopic (exact) mass is 477 g/mol. The minimum absolute atomic E-state index is 0.0209. The molecular formula is C22H22F3N5O2S. The zero-order valence-corrected chi connectivity index (χ0v) is 18.8. The minimum atomic E-state index is -4.48. The molecule has 0 spiro atoms. The van der Waals surface area contributed by atoms with Gasteiger partial charge in [0, 0.05) is 24.7 Å². The fourth-order valence-electron chi connectivity index (χ4n) is 3.05. The molecule has 0 bridgehead atoms. The summed E-state index contributed by atoms with van der Waals surface area (Å²) in [5.74, 6) is -0.481. The molecule has 2 N–H and O–H groups in total. The lowest BCUT2D eigenvalue weighted by atomic mass is 10.1. The summed E-state index contributed by atoms with van der Waals surface area (Å²) in [5.41, 5.74) is 2.74. The van der Waals surface area contributed by atoms with Gasteiger partial charge in [0.25, 0.3) is 5.91 Å². The lowest BCUT2D eigenvalue weighted by molar-refractivity contribution is -0.131. The molecule has 0 atom stereocenters. The van der Waals surface area contributed by atoms with E-state index in [0.29, 0.717) is 16.2 Å². The number of alkyl halides is 3. The quantitative estimate of drug-likeness (QED) is 0.506. The van der Waals surface area contributed by atoms with Gasteiger partial charge in [0.15, 0.2) is 10.6 Å². The van der Waals surface area contributed by atoms with Gasteiger partial charge in [-0.2, -0.15) is 18.3 Å². The van der Waals surface area contributed by atoms with Crippen LogP contribution in [0.3, 0.4) is 0 Å². The number of aromatic nitrogens is 3. The first-order valence-corrected chi connectivity index (χ1v) is 10.3. The van der Waals surface area contributed by atoms with E-state index in [-0.39, 0.29) is 24.6 Å². The van der Waals surface area contributed by atoms with Crippen LogP contribution >= 0.6 is 12.2 Å². The maximum absolute atomic E-state index is 12.8. The van der Waals surface area contributed by atoms with Crippen LogP contribution in [0.4, 0.5) is 13.2 Å². The lowest BCUT2D eigenvalue weighted by Crippen LogP contribution is -2.33. The molecular weight excluding hydrogens is 455 g/mol. The second kappa shape index (κ2) is 9.99. The largest absolute Gasteiger partial charge is 0.405 e. The third kappa shape index (κ3) is 6.51. The third-order valence-electron chi connectivity index (χ3n) is 4.87. The molecule has 2 aromatic carbocycles. The van der Waals surface area contributed by atoms with Crippen molar-refractivity contribution in [3.63, 3.8) is 0 Å². The van der Waals surface area contributed by atoms with Crippen molar-refractivity contribution in [2.75, 3.05) is 13.6 Å². The molecule has 3 rings (SSSR count). The highest BCUT2D eigenvalue weighted by Gasteiger charge is 2.27. The van der Waals surface area contributed by atoms with E-state index in [1.807, 2.05) is 36.5 Å². The van der Waals surface area contributed by atoms with Crippen molar-refractivity contribution in [1.29, 1.82) is 0 Å². The summed E-state index contributed by atoms with van der Waals surface area (Å²) in [7, 11) is 1.63. The molecule has 0 aliphatic carbocycles. The van der Waals surface area contributed by atoms with Gasteiger partial charge in [-0.05, 0) is 36.8 Å². The van der Waals surface area contributed by atoms with Crippen LogP contribution in [-0.2, 0) is 17.9 Å². The Morgan fingerprint density at radius 3 is 2.36 bits per heavy atom. The number of carbonyl (C=O) groups is 2. The maximum Gasteiger partial charge on any atom is 0.405 e. The Morgan fingerprint density at radius 1 is 1.12 bits per heavy atom. The standard InChI is InChI=1S/C22H22F3N5O2S/c1-14-3-7-16(8-4-14)19-27-28-21(33)30(19)12-18(31)29(2)11-15-5-9-17(10-6-15)20(32)26-13-22(23,24)25/h3-10H,11-13H2,1-2H3,(H,26,32)(H,28,33). The topological polar surface area (TPSA) is 83.0 Å². The van der Waals surface area contributed by atoms with Crippen LogP contribution in [0.1, 0.15) is 21.5 Å². The Hall–Kier alpha value is -3.47. The van der Waals surface area contributed by atoms with Gasteiger partial charge in [-0.3, -0.25) is 19.3 Å². The Kier molecular flexibility index (Phi) is 7.32. The number of halogens is 3. The number of likely N-dealkylation sites (N-methyl/N-ethyl adjacent to an activating group) is 1. The van der Waals surface area contributed by atoms with Gasteiger partial charge in [0.1, 0.15) is 13.1 Å².